The minimum absolute atomic E-state index is 0.0428. The molecular formula is C15H18N2O4S. The van der Waals surface area contributed by atoms with E-state index in [0.29, 0.717) is 17.3 Å². The molecule has 0 fully saturated rings. The summed E-state index contributed by atoms with van der Waals surface area (Å²) in [6, 6.07) is 3.81. The van der Waals surface area contributed by atoms with Crippen molar-refractivity contribution < 1.29 is 18.7 Å². The van der Waals surface area contributed by atoms with Crippen molar-refractivity contribution >= 4 is 23.2 Å². The van der Waals surface area contributed by atoms with E-state index in [4.69, 9.17) is 4.42 Å². The molecule has 2 aromatic rings. The predicted octanol–water partition coefficient (Wildman–Crippen LogP) is 2.32. The number of hydrogen-bond donors (Lipinski definition) is 1. The van der Waals surface area contributed by atoms with Crippen molar-refractivity contribution in [2.75, 3.05) is 7.11 Å². The molecule has 1 amide bonds. The van der Waals surface area contributed by atoms with Gasteiger partial charge in [-0.15, -0.1) is 11.3 Å². The lowest BCUT2D eigenvalue weighted by Gasteiger charge is -2.22. The van der Waals surface area contributed by atoms with E-state index >= 15 is 0 Å². The first kappa shape index (κ1) is 16.2. The Morgan fingerprint density at radius 2 is 2.18 bits per heavy atom. The number of amides is 1. The van der Waals surface area contributed by atoms with Crippen LogP contribution in [0.5, 0.6) is 0 Å². The van der Waals surface area contributed by atoms with Gasteiger partial charge in [0.1, 0.15) is 11.3 Å². The van der Waals surface area contributed by atoms with Gasteiger partial charge >= 0.3 is 5.97 Å². The maximum absolute atomic E-state index is 12.1. The lowest BCUT2D eigenvalue weighted by molar-refractivity contribution is -0.149. The standard InChI is InChI=1S/C15H18N2O4S/c1-9-10(16-13(21-9)11-6-5-7-22-11)8-12(18)17-15(2,3)14(19)20-4/h5-7H,8H2,1-4H3,(H,17,18). The summed E-state index contributed by atoms with van der Waals surface area (Å²) in [5.41, 5.74) is -0.526. The maximum atomic E-state index is 12.1. The predicted molar refractivity (Wildman–Crippen MR) is 82.5 cm³/mol. The van der Waals surface area contributed by atoms with Crippen molar-refractivity contribution in [1.82, 2.24) is 10.3 Å². The molecule has 0 saturated carbocycles. The van der Waals surface area contributed by atoms with Crippen molar-refractivity contribution in [2.45, 2.75) is 32.7 Å². The Morgan fingerprint density at radius 1 is 1.45 bits per heavy atom. The zero-order chi connectivity index (χ0) is 16.3. The van der Waals surface area contributed by atoms with Gasteiger partial charge in [0.25, 0.3) is 0 Å². The first-order chi connectivity index (χ1) is 10.3. The molecule has 118 valence electrons. The second kappa shape index (κ2) is 6.31. The molecule has 1 N–H and O–H groups in total. The lowest BCUT2D eigenvalue weighted by Crippen LogP contribution is -2.50. The van der Waals surface area contributed by atoms with Crippen LogP contribution in [0.2, 0.25) is 0 Å². The van der Waals surface area contributed by atoms with E-state index in [1.807, 2.05) is 17.5 Å². The van der Waals surface area contributed by atoms with Crippen molar-refractivity contribution in [3.63, 3.8) is 0 Å². The SMILES string of the molecule is COC(=O)C(C)(C)NC(=O)Cc1nc(-c2cccs2)oc1C. The molecule has 0 spiro atoms. The Kier molecular flexibility index (Phi) is 4.65. The van der Waals surface area contributed by atoms with Gasteiger partial charge in [0.15, 0.2) is 0 Å². The number of aromatic nitrogens is 1. The number of nitrogens with one attached hydrogen (secondary N) is 1. The first-order valence-electron chi connectivity index (χ1n) is 6.73. The fraction of sp³-hybridized carbons (Fsp3) is 0.400. The van der Waals surface area contributed by atoms with Gasteiger partial charge in [-0.2, -0.15) is 0 Å². The van der Waals surface area contributed by atoms with Crippen molar-refractivity contribution in [3.8, 4) is 10.8 Å². The van der Waals surface area contributed by atoms with E-state index in [1.165, 1.54) is 18.4 Å². The number of thiophene rings is 1. The highest BCUT2D eigenvalue weighted by molar-refractivity contribution is 7.13. The summed E-state index contributed by atoms with van der Waals surface area (Å²) in [7, 11) is 1.28. The van der Waals surface area contributed by atoms with Crippen LogP contribution >= 0.6 is 11.3 Å². The van der Waals surface area contributed by atoms with Crippen LogP contribution in [-0.4, -0.2) is 29.5 Å². The second-order valence-corrected chi connectivity index (χ2v) is 6.29. The molecule has 0 bridgehead atoms. The molecule has 0 unspecified atom stereocenters. The highest BCUT2D eigenvalue weighted by Gasteiger charge is 2.30. The van der Waals surface area contributed by atoms with Gasteiger partial charge in [-0.25, -0.2) is 9.78 Å². The number of oxazole rings is 1. The normalized spacial score (nSPS) is 11.3. The highest BCUT2D eigenvalue weighted by atomic mass is 32.1. The van der Waals surface area contributed by atoms with Gasteiger partial charge in [0.05, 0.1) is 24.1 Å². The van der Waals surface area contributed by atoms with Crippen molar-refractivity contribution in [2.24, 2.45) is 0 Å². The van der Waals surface area contributed by atoms with E-state index in [-0.39, 0.29) is 12.3 Å². The topological polar surface area (TPSA) is 81.4 Å². The number of esters is 1. The van der Waals surface area contributed by atoms with Crippen molar-refractivity contribution in [3.05, 3.63) is 29.0 Å². The average Bonchev–Trinajstić information content (AvgIpc) is 3.07. The van der Waals surface area contributed by atoms with Gasteiger partial charge in [-0.1, -0.05) is 6.07 Å². The van der Waals surface area contributed by atoms with Gasteiger partial charge < -0.3 is 14.5 Å². The third kappa shape index (κ3) is 3.54. The smallest absolute Gasteiger partial charge is 0.330 e. The molecule has 7 heteroatoms. The number of carbonyl (C=O) groups is 2. The number of aryl methyl sites for hydroxylation is 1. The van der Waals surface area contributed by atoms with Gasteiger partial charge in [0, 0.05) is 0 Å². The molecule has 0 aliphatic heterocycles. The molecule has 2 aromatic heterocycles. The number of carbonyl (C=O) groups excluding carboxylic acids is 2. The van der Waals surface area contributed by atoms with Gasteiger partial charge in [0.2, 0.25) is 11.8 Å². The van der Waals surface area contributed by atoms with Crippen LogP contribution in [0, 0.1) is 6.92 Å². The molecule has 2 heterocycles. The zero-order valence-electron chi connectivity index (χ0n) is 12.9. The lowest BCUT2D eigenvalue weighted by atomic mass is 10.1. The molecule has 2 rings (SSSR count). The average molecular weight is 322 g/mol. The van der Waals surface area contributed by atoms with E-state index in [1.54, 1.807) is 20.8 Å². The third-order valence-corrected chi connectivity index (χ3v) is 3.96. The Hall–Kier alpha value is -2.15. The van der Waals surface area contributed by atoms with Crippen LogP contribution in [0.1, 0.15) is 25.3 Å². The summed E-state index contributed by atoms with van der Waals surface area (Å²) in [6.07, 6.45) is 0.0428. The molecule has 0 aromatic carbocycles. The molecular weight excluding hydrogens is 304 g/mol. The van der Waals surface area contributed by atoms with Crippen LogP contribution in [0.3, 0.4) is 0 Å². The van der Waals surface area contributed by atoms with Crippen LogP contribution in [-0.2, 0) is 20.7 Å². The van der Waals surface area contributed by atoms with Gasteiger partial charge in [-0.3, -0.25) is 4.79 Å². The summed E-state index contributed by atoms with van der Waals surface area (Å²) >= 11 is 1.52. The quantitative estimate of drug-likeness (QED) is 0.854. The summed E-state index contributed by atoms with van der Waals surface area (Å²) in [6.45, 7) is 4.94. The fourth-order valence-corrected chi connectivity index (χ4v) is 2.60. The zero-order valence-corrected chi connectivity index (χ0v) is 13.7. The number of nitrogens with zero attached hydrogens (tertiary/aromatic N) is 1. The van der Waals surface area contributed by atoms with Crippen LogP contribution < -0.4 is 5.32 Å². The highest BCUT2D eigenvalue weighted by Crippen LogP contribution is 2.26. The number of ether oxygens (including phenoxy) is 1. The molecule has 0 radical (unpaired) electrons. The first-order valence-corrected chi connectivity index (χ1v) is 7.61. The Labute approximate surface area is 132 Å². The van der Waals surface area contributed by atoms with E-state index in [0.717, 1.165) is 4.88 Å². The van der Waals surface area contributed by atoms with Crippen LogP contribution in [0.15, 0.2) is 21.9 Å². The molecule has 6 nitrogen and oxygen atoms in total. The van der Waals surface area contributed by atoms with E-state index < -0.39 is 11.5 Å². The maximum Gasteiger partial charge on any atom is 0.330 e. The largest absolute Gasteiger partial charge is 0.467 e. The summed E-state index contributed by atoms with van der Waals surface area (Å²) in [4.78, 5) is 28.9. The molecule has 0 aliphatic carbocycles. The summed E-state index contributed by atoms with van der Waals surface area (Å²) < 4.78 is 10.2. The third-order valence-electron chi connectivity index (χ3n) is 3.10. The van der Waals surface area contributed by atoms with Crippen LogP contribution in [0.25, 0.3) is 10.8 Å². The fourth-order valence-electron chi connectivity index (χ4n) is 1.95. The van der Waals surface area contributed by atoms with Crippen molar-refractivity contribution in [1.29, 1.82) is 0 Å². The Morgan fingerprint density at radius 3 is 2.77 bits per heavy atom. The minimum Gasteiger partial charge on any atom is -0.467 e. The molecule has 22 heavy (non-hydrogen) atoms. The van der Waals surface area contributed by atoms with Crippen LogP contribution in [0.4, 0.5) is 0 Å². The number of hydrogen-bond acceptors (Lipinski definition) is 6. The Balaban J connectivity index is 2.08. The summed E-state index contributed by atoms with van der Waals surface area (Å²) in [5.74, 6) is 0.276. The minimum atomic E-state index is -1.08. The molecule has 0 saturated heterocycles. The van der Waals surface area contributed by atoms with E-state index in [2.05, 4.69) is 15.0 Å². The second-order valence-electron chi connectivity index (χ2n) is 5.34. The number of rotatable bonds is 5. The number of methoxy groups -OCH3 is 1. The Bertz CT molecular complexity index is 674. The van der Waals surface area contributed by atoms with E-state index in [9.17, 15) is 9.59 Å². The molecule has 0 atom stereocenters. The monoisotopic (exact) mass is 322 g/mol. The molecule has 0 aliphatic rings. The summed E-state index contributed by atoms with van der Waals surface area (Å²) in [5, 5.41) is 4.56. The van der Waals surface area contributed by atoms with Gasteiger partial charge in [-0.05, 0) is 32.2 Å².